The monoisotopic (exact) mass is 312 g/mol. The number of aryl methyl sites for hydroxylation is 2. The van der Waals surface area contributed by atoms with Crippen LogP contribution < -0.4 is 5.32 Å². The first-order valence-corrected chi connectivity index (χ1v) is 7.79. The highest BCUT2D eigenvalue weighted by Crippen LogP contribution is 2.17. The molecule has 0 aliphatic heterocycles. The van der Waals surface area contributed by atoms with E-state index in [4.69, 9.17) is 0 Å². The molecule has 112 valence electrons. The fraction of sp³-hybridized carbons (Fsp3) is 0.188. The van der Waals surface area contributed by atoms with Gasteiger partial charge in [-0.3, -0.25) is 14.5 Å². The number of thiophene rings is 1. The van der Waals surface area contributed by atoms with Gasteiger partial charge in [0.2, 0.25) is 0 Å². The molecule has 1 N–H and O–H groups in total. The second-order valence-corrected chi connectivity index (χ2v) is 5.94. The van der Waals surface area contributed by atoms with Gasteiger partial charge in [-0.1, -0.05) is 6.07 Å². The molecule has 0 saturated carbocycles. The summed E-state index contributed by atoms with van der Waals surface area (Å²) in [5.41, 5.74) is 3.70. The molecule has 6 heteroatoms. The van der Waals surface area contributed by atoms with E-state index in [9.17, 15) is 4.79 Å². The van der Waals surface area contributed by atoms with Crippen LogP contribution >= 0.6 is 11.3 Å². The highest BCUT2D eigenvalue weighted by atomic mass is 32.1. The first-order valence-electron chi connectivity index (χ1n) is 6.91. The van der Waals surface area contributed by atoms with Crippen LogP contribution in [0.1, 0.15) is 20.9 Å². The third kappa shape index (κ3) is 3.07. The number of rotatable bonds is 4. The average Bonchev–Trinajstić information content (AvgIpc) is 3.12. The second kappa shape index (κ2) is 6.11. The number of amides is 1. The van der Waals surface area contributed by atoms with Crippen molar-refractivity contribution >= 4 is 17.2 Å². The Balaban J connectivity index is 1.70. The zero-order chi connectivity index (χ0) is 15.5. The summed E-state index contributed by atoms with van der Waals surface area (Å²) in [5.74, 6) is -0.0665. The Bertz CT molecular complexity index is 792. The van der Waals surface area contributed by atoms with Crippen molar-refractivity contribution in [2.24, 2.45) is 7.05 Å². The predicted octanol–water partition coefficient (Wildman–Crippen LogP) is 2.78. The maximum atomic E-state index is 12.0. The zero-order valence-corrected chi connectivity index (χ0v) is 13.2. The van der Waals surface area contributed by atoms with Crippen molar-refractivity contribution in [1.29, 1.82) is 0 Å². The van der Waals surface area contributed by atoms with Crippen LogP contribution in [0.15, 0.2) is 41.9 Å². The lowest BCUT2D eigenvalue weighted by Gasteiger charge is -2.00. The minimum Gasteiger partial charge on any atom is -0.346 e. The highest BCUT2D eigenvalue weighted by molar-refractivity contribution is 7.12. The van der Waals surface area contributed by atoms with Crippen LogP contribution in [0.5, 0.6) is 0 Å². The van der Waals surface area contributed by atoms with Crippen molar-refractivity contribution in [2.45, 2.75) is 13.5 Å². The topological polar surface area (TPSA) is 59.8 Å². The standard InChI is InChI=1S/C16H16N4OS/c1-11-7-15(22-10-11)16(21)18-9-12-8-14(20(2)19-12)13-5-3-4-6-17-13/h3-8,10H,9H2,1-2H3,(H,18,21). The van der Waals surface area contributed by atoms with Gasteiger partial charge < -0.3 is 5.32 Å². The Morgan fingerprint density at radius 2 is 2.23 bits per heavy atom. The molecular weight excluding hydrogens is 296 g/mol. The summed E-state index contributed by atoms with van der Waals surface area (Å²) in [5, 5.41) is 9.29. The maximum Gasteiger partial charge on any atom is 0.261 e. The van der Waals surface area contributed by atoms with Crippen molar-refractivity contribution in [3.8, 4) is 11.4 Å². The molecule has 0 aliphatic rings. The van der Waals surface area contributed by atoms with Crippen LogP contribution in [-0.2, 0) is 13.6 Å². The van der Waals surface area contributed by atoms with Crippen LogP contribution in [0, 0.1) is 6.92 Å². The summed E-state index contributed by atoms with van der Waals surface area (Å²) in [4.78, 5) is 17.1. The highest BCUT2D eigenvalue weighted by Gasteiger charge is 2.11. The van der Waals surface area contributed by atoms with Crippen molar-refractivity contribution in [2.75, 3.05) is 0 Å². The fourth-order valence-corrected chi connectivity index (χ4v) is 2.99. The number of hydrogen-bond donors (Lipinski definition) is 1. The molecule has 0 atom stereocenters. The van der Waals surface area contributed by atoms with Gasteiger partial charge in [-0.2, -0.15) is 5.10 Å². The van der Waals surface area contributed by atoms with Gasteiger partial charge >= 0.3 is 0 Å². The average molecular weight is 312 g/mol. The number of nitrogens with zero attached hydrogens (tertiary/aromatic N) is 3. The lowest BCUT2D eigenvalue weighted by molar-refractivity contribution is 0.0954. The third-order valence-corrected chi connectivity index (χ3v) is 4.29. The van der Waals surface area contributed by atoms with E-state index < -0.39 is 0 Å². The van der Waals surface area contributed by atoms with Gasteiger partial charge in [0.1, 0.15) is 0 Å². The SMILES string of the molecule is Cc1csc(C(=O)NCc2cc(-c3ccccn3)n(C)n2)c1. The number of pyridine rings is 1. The van der Waals surface area contributed by atoms with E-state index in [2.05, 4.69) is 15.4 Å². The van der Waals surface area contributed by atoms with Crippen LogP contribution in [-0.4, -0.2) is 20.7 Å². The van der Waals surface area contributed by atoms with E-state index in [0.29, 0.717) is 6.54 Å². The van der Waals surface area contributed by atoms with Crippen molar-refractivity contribution in [1.82, 2.24) is 20.1 Å². The molecule has 3 rings (SSSR count). The number of aromatic nitrogens is 3. The van der Waals surface area contributed by atoms with E-state index in [0.717, 1.165) is 27.5 Å². The first-order chi connectivity index (χ1) is 10.6. The number of hydrogen-bond acceptors (Lipinski definition) is 4. The van der Waals surface area contributed by atoms with Gasteiger partial charge in [-0.15, -0.1) is 11.3 Å². The molecule has 3 heterocycles. The normalized spacial score (nSPS) is 10.6. The second-order valence-electron chi connectivity index (χ2n) is 5.03. The zero-order valence-electron chi connectivity index (χ0n) is 12.4. The van der Waals surface area contributed by atoms with Gasteiger partial charge in [0, 0.05) is 13.2 Å². The molecule has 5 nitrogen and oxygen atoms in total. The lowest BCUT2D eigenvalue weighted by Crippen LogP contribution is -2.22. The van der Waals surface area contributed by atoms with Gasteiger partial charge in [0.25, 0.3) is 5.91 Å². The summed E-state index contributed by atoms with van der Waals surface area (Å²) < 4.78 is 1.78. The summed E-state index contributed by atoms with van der Waals surface area (Å²) in [6, 6.07) is 9.59. The minimum absolute atomic E-state index is 0.0665. The molecule has 1 amide bonds. The largest absolute Gasteiger partial charge is 0.346 e. The van der Waals surface area contributed by atoms with Gasteiger partial charge in [-0.05, 0) is 42.1 Å². The maximum absolute atomic E-state index is 12.0. The number of nitrogens with one attached hydrogen (secondary N) is 1. The van der Waals surface area contributed by atoms with Crippen LogP contribution in [0.3, 0.4) is 0 Å². The Hall–Kier alpha value is -2.47. The molecule has 22 heavy (non-hydrogen) atoms. The van der Waals surface area contributed by atoms with E-state index in [1.54, 1.807) is 10.9 Å². The van der Waals surface area contributed by atoms with E-state index in [1.165, 1.54) is 11.3 Å². The lowest BCUT2D eigenvalue weighted by atomic mass is 10.2. The Labute approximate surface area is 132 Å². The minimum atomic E-state index is -0.0665. The molecule has 0 saturated heterocycles. The van der Waals surface area contributed by atoms with Gasteiger partial charge in [-0.25, -0.2) is 0 Å². The summed E-state index contributed by atoms with van der Waals surface area (Å²) in [6.45, 7) is 2.38. The first kappa shape index (κ1) is 14.5. The van der Waals surface area contributed by atoms with Crippen LogP contribution in [0.2, 0.25) is 0 Å². The molecule has 3 aromatic rings. The van der Waals surface area contributed by atoms with Crippen molar-refractivity contribution in [3.63, 3.8) is 0 Å². The molecule has 0 aromatic carbocycles. The fourth-order valence-electron chi connectivity index (χ4n) is 2.18. The van der Waals surface area contributed by atoms with Crippen molar-refractivity contribution in [3.05, 3.63) is 58.0 Å². The molecule has 0 unspecified atom stereocenters. The van der Waals surface area contributed by atoms with E-state index >= 15 is 0 Å². The molecule has 0 aliphatic carbocycles. The Morgan fingerprint density at radius 3 is 2.91 bits per heavy atom. The van der Waals surface area contributed by atoms with Crippen molar-refractivity contribution < 1.29 is 4.79 Å². The van der Waals surface area contributed by atoms with Crippen LogP contribution in [0.4, 0.5) is 0 Å². The summed E-state index contributed by atoms with van der Waals surface area (Å²) in [6.07, 6.45) is 1.75. The Morgan fingerprint density at radius 1 is 1.36 bits per heavy atom. The smallest absolute Gasteiger partial charge is 0.261 e. The molecule has 3 aromatic heterocycles. The molecule has 0 spiro atoms. The van der Waals surface area contributed by atoms with E-state index in [1.807, 2.05) is 49.7 Å². The van der Waals surface area contributed by atoms with Gasteiger partial charge in [0.05, 0.1) is 28.5 Å². The Kier molecular flexibility index (Phi) is 4.02. The number of carbonyl (C=O) groups excluding carboxylic acids is 1. The van der Waals surface area contributed by atoms with E-state index in [-0.39, 0.29) is 5.91 Å². The third-order valence-electron chi connectivity index (χ3n) is 3.24. The molecule has 0 bridgehead atoms. The molecular formula is C16H16N4OS. The summed E-state index contributed by atoms with van der Waals surface area (Å²) in [7, 11) is 1.87. The van der Waals surface area contributed by atoms with Crippen LogP contribution in [0.25, 0.3) is 11.4 Å². The summed E-state index contributed by atoms with van der Waals surface area (Å²) >= 11 is 1.45. The molecule has 0 fully saturated rings. The van der Waals surface area contributed by atoms with Gasteiger partial charge in [0.15, 0.2) is 0 Å². The predicted molar refractivity (Wildman–Crippen MR) is 86.7 cm³/mol. The quantitative estimate of drug-likeness (QED) is 0.806. The molecule has 0 radical (unpaired) electrons. The number of carbonyl (C=O) groups is 1.